The maximum atomic E-state index is 10.3. The Morgan fingerprint density at radius 2 is 2.08 bits per heavy atom. The Balaban J connectivity index is 1.86. The van der Waals surface area contributed by atoms with Crippen LogP contribution in [-0.4, -0.2) is 23.3 Å². The van der Waals surface area contributed by atoms with Gasteiger partial charge < -0.3 is 10.4 Å². The maximum absolute atomic E-state index is 10.3. The fraction of sp³-hybridized carbons (Fsp3) is 1.00. The zero-order valence-electron chi connectivity index (χ0n) is 8.55. The van der Waals surface area contributed by atoms with Gasteiger partial charge in [-0.3, -0.25) is 0 Å². The lowest BCUT2D eigenvalue weighted by atomic mass is 9.85. The van der Waals surface area contributed by atoms with Gasteiger partial charge in [0.25, 0.3) is 0 Å². The molecular weight excluding hydrogens is 162 g/mol. The van der Waals surface area contributed by atoms with Gasteiger partial charge in [0.2, 0.25) is 0 Å². The summed E-state index contributed by atoms with van der Waals surface area (Å²) < 4.78 is 0. The van der Waals surface area contributed by atoms with E-state index >= 15 is 0 Å². The lowest BCUT2D eigenvalue weighted by Gasteiger charge is -2.36. The molecule has 2 fully saturated rings. The number of aliphatic hydroxyl groups is 1. The molecule has 1 saturated heterocycles. The van der Waals surface area contributed by atoms with Gasteiger partial charge in [0.15, 0.2) is 0 Å². The van der Waals surface area contributed by atoms with Gasteiger partial charge in [0, 0.05) is 6.04 Å². The van der Waals surface area contributed by atoms with Crippen LogP contribution in [0.4, 0.5) is 0 Å². The number of nitrogens with one attached hydrogen (secondary N) is 1. The third-order valence-corrected chi connectivity index (χ3v) is 3.46. The first kappa shape index (κ1) is 9.47. The second-order valence-corrected chi connectivity index (χ2v) is 5.01. The molecule has 2 heteroatoms. The van der Waals surface area contributed by atoms with Crippen molar-refractivity contribution < 1.29 is 5.11 Å². The zero-order chi connectivity index (χ0) is 9.31. The molecule has 0 radical (unpaired) electrons. The monoisotopic (exact) mass is 183 g/mol. The molecule has 2 nitrogen and oxygen atoms in total. The summed E-state index contributed by atoms with van der Waals surface area (Å²) in [7, 11) is 0. The van der Waals surface area contributed by atoms with Crippen LogP contribution in [0.3, 0.4) is 0 Å². The van der Waals surface area contributed by atoms with Crippen LogP contribution in [0.15, 0.2) is 0 Å². The third kappa shape index (κ3) is 2.44. The SMILES string of the molecule is CC(O)(CC1CC1)C1CCCCN1. The van der Waals surface area contributed by atoms with E-state index in [0.717, 1.165) is 25.3 Å². The van der Waals surface area contributed by atoms with Gasteiger partial charge in [-0.25, -0.2) is 0 Å². The largest absolute Gasteiger partial charge is 0.389 e. The Kier molecular flexibility index (Phi) is 2.61. The van der Waals surface area contributed by atoms with E-state index in [9.17, 15) is 5.11 Å². The quantitative estimate of drug-likeness (QED) is 0.697. The molecule has 0 spiro atoms. The normalized spacial score (nSPS) is 34.2. The first-order chi connectivity index (χ1) is 6.18. The van der Waals surface area contributed by atoms with Crippen LogP contribution < -0.4 is 5.32 Å². The van der Waals surface area contributed by atoms with Crippen molar-refractivity contribution in [2.24, 2.45) is 5.92 Å². The van der Waals surface area contributed by atoms with Gasteiger partial charge in [-0.15, -0.1) is 0 Å². The lowest BCUT2D eigenvalue weighted by molar-refractivity contribution is -0.00232. The molecule has 76 valence electrons. The van der Waals surface area contributed by atoms with Gasteiger partial charge in [-0.1, -0.05) is 19.3 Å². The van der Waals surface area contributed by atoms with Crippen molar-refractivity contribution in [1.82, 2.24) is 5.32 Å². The summed E-state index contributed by atoms with van der Waals surface area (Å²) in [6.07, 6.45) is 7.38. The van der Waals surface area contributed by atoms with E-state index in [-0.39, 0.29) is 0 Å². The van der Waals surface area contributed by atoms with Crippen molar-refractivity contribution in [3.05, 3.63) is 0 Å². The number of hydrogen-bond acceptors (Lipinski definition) is 2. The van der Waals surface area contributed by atoms with E-state index in [4.69, 9.17) is 0 Å². The van der Waals surface area contributed by atoms with Crippen LogP contribution in [-0.2, 0) is 0 Å². The summed E-state index contributed by atoms with van der Waals surface area (Å²) in [4.78, 5) is 0. The van der Waals surface area contributed by atoms with Crippen molar-refractivity contribution in [3.8, 4) is 0 Å². The van der Waals surface area contributed by atoms with E-state index < -0.39 is 5.60 Å². The molecular formula is C11H21NO. The highest BCUT2D eigenvalue weighted by atomic mass is 16.3. The predicted octanol–water partition coefficient (Wildman–Crippen LogP) is 1.68. The van der Waals surface area contributed by atoms with Crippen LogP contribution in [0, 0.1) is 5.92 Å². The predicted molar refractivity (Wildman–Crippen MR) is 53.6 cm³/mol. The van der Waals surface area contributed by atoms with Crippen LogP contribution in [0.1, 0.15) is 45.4 Å². The Hall–Kier alpha value is -0.0800. The first-order valence-electron chi connectivity index (χ1n) is 5.64. The summed E-state index contributed by atoms with van der Waals surface area (Å²) in [5.74, 6) is 0.818. The molecule has 1 heterocycles. The van der Waals surface area contributed by atoms with E-state index in [1.807, 2.05) is 6.92 Å². The van der Waals surface area contributed by atoms with Crippen LogP contribution in [0.2, 0.25) is 0 Å². The number of piperidine rings is 1. The Morgan fingerprint density at radius 1 is 1.31 bits per heavy atom. The van der Waals surface area contributed by atoms with Crippen molar-refractivity contribution >= 4 is 0 Å². The van der Waals surface area contributed by atoms with Gasteiger partial charge in [0.1, 0.15) is 0 Å². The van der Waals surface area contributed by atoms with E-state index in [0.29, 0.717) is 6.04 Å². The molecule has 0 amide bonds. The summed E-state index contributed by atoms with van der Waals surface area (Å²) in [5, 5.41) is 13.7. The van der Waals surface area contributed by atoms with Crippen LogP contribution in [0.5, 0.6) is 0 Å². The highest BCUT2D eigenvalue weighted by Crippen LogP contribution is 2.38. The molecule has 0 aromatic carbocycles. The van der Waals surface area contributed by atoms with Crippen molar-refractivity contribution in [2.45, 2.75) is 57.1 Å². The molecule has 1 aliphatic heterocycles. The smallest absolute Gasteiger partial charge is 0.0774 e. The average molecular weight is 183 g/mol. The zero-order valence-corrected chi connectivity index (χ0v) is 8.55. The Labute approximate surface area is 80.7 Å². The van der Waals surface area contributed by atoms with Gasteiger partial charge in [0.05, 0.1) is 5.60 Å². The summed E-state index contributed by atoms with van der Waals surface area (Å²) in [6, 6.07) is 0.349. The highest BCUT2D eigenvalue weighted by molar-refractivity contribution is 4.93. The fourth-order valence-electron chi connectivity index (χ4n) is 2.43. The summed E-state index contributed by atoms with van der Waals surface area (Å²) >= 11 is 0. The minimum absolute atomic E-state index is 0.349. The van der Waals surface area contributed by atoms with Crippen molar-refractivity contribution in [3.63, 3.8) is 0 Å². The molecule has 2 atom stereocenters. The molecule has 13 heavy (non-hydrogen) atoms. The lowest BCUT2D eigenvalue weighted by Crippen LogP contribution is -2.51. The minimum atomic E-state index is -0.457. The van der Waals surface area contributed by atoms with Crippen molar-refractivity contribution in [1.29, 1.82) is 0 Å². The minimum Gasteiger partial charge on any atom is -0.389 e. The van der Waals surface area contributed by atoms with Gasteiger partial charge >= 0.3 is 0 Å². The van der Waals surface area contributed by atoms with E-state index in [1.165, 1.54) is 25.7 Å². The van der Waals surface area contributed by atoms with E-state index in [2.05, 4.69) is 5.32 Å². The standard InChI is InChI=1S/C11H21NO/c1-11(13,8-9-5-6-9)10-4-2-3-7-12-10/h9-10,12-13H,2-8H2,1H3. The van der Waals surface area contributed by atoms with Crippen LogP contribution in [0.25, 0.3) is 0 Å². The van der Waals surface area contributed by atoms with E-state index in [1.54, 1.807) is 0 Å². The molecule has 2 N–H and O–H groups in total. The first-order valence-corrected chi connectivity index (χ1v) is 5.64. The topological polar surface area (TPSA) is 32.3 Å². The fourth-order valence-corrected chi connectivity index (χ4v) is 2.43. The highest BCUT2D eigenvalue weighted by Gasteiger charge is 2.37. The summed E-state index contributed by atoms with van der Waals surface area (Å²) in [6.45, 7) is 3.10. The molecule has 2 unspecified atom stereocenters. The Morgan fingerprint density at radius 3 is 2.62 bits per heavy atom. The molecule has 0 aromatic rings. The second-order valence-electron chi connectivity index (χ2n) is 5.01. The second kappa shape index (κ2) is 3.58. The molecule has 0 aromatic heterocycles. The molecule has 1 aliphatic carbocycles. The van der Waals surface area contributed by atoms with Gasteiger partial charge in [-0.2, -0.15) is 0 Å². The maximum Gasteiger partial charge on any atom is 0.0774 e. The molecule has 0 bridgehead atoms. The van der Waals surface area contributed by atoms with Crippen LogP contribution >= 0.6 is 0 Å². The number of hydrogen-bond donors (Lipinski definition) is 2. The average Bonchev–Trinajstić information content (AvgIpc) is 2.89. The molecule has 2 rings (SSSR count). The number of rotatable bonds is 3. The molecule has 1 saturated carbocycles. The third-order valence-electron chi connectivity index (χ3n) is 3.46. The molecule has 2 aliphatic rings. The Bertz CT molecular complexity index is 169. The van der Waals surface area contributed by atoms with Gasteiger partial charge in [-0.05, 0) is 38.6 Å². The van der Waals surface area contributed by atoms with Crippen molar-refractivity contribution in [2.75, 3.05) is 6.54 Å². The summed E-state index contributed by atoms with van der Waals surface area (Å²) in [5.41, 5.74) is -0.457.